The van der Waals surface area contributed by atoms with Crippen LogP contribution in [0.25, 0.3) is 0 Å². The highest BCUT2D eigenvalue weighted by Crippen LogP contribution is 2.49. The number of urea groups is 1. The first kappa shape index (κ1) is 21.9. The molecule has 1 aromatic heterocycles. The number of carbonyl (C=O) groups excluding carboxylic acids is 2. The van der Waals surface area contributed by atoms with Gasteiger partial charge in [0.25, 0.3) is 5.91 Å². The van der Waals surface area contributed by atoms with Gasteiger partial charge in [-0.1, -0.05) is 30.3 Å². The van der Waals surface area contributed by atoms with E-state index in [2.05, 4.69) is 9.72 Å². The Kier molecular flexibility index (Phi) is 5.27. The lowest BCUT2D eigenvalue weighted by Crippen LogP contribution is -2.36. The first-order chi connectivity index (χ1) is 16.2. The highest BCUT2D eigenvalue weighted by molar-refractivity contribution is 6.24. The van der Waals surface area contributed by atoms with Crippen molar-refractivity contribution < 1.29 is 27.5 Å². The fraction of sp³-hybridized carbons (Fsp3) is 0.240. The fourth-order valence-corrected chi connectivity index (χ4v) is 4.27. The number of hydrogen-bond acceptors (Lipinski definition) is 4. The predicted molar refractivity (Wildman–Crippen MR) is 117 cm³/mol. The van der Waals surface area contributed by atoms with E-state index in [9.17, 15) is 22.8 Å². The molecule has 1 spiro atoms. The van der Waals surface area contributed by atoms with Crippen molar-refractivity contribution in [2.24, 2.45) is 0 Å². The zero-order valence-electron chi connectivity index (χ0n) is 18.0. The van der Waals surface area contributed by atoms with E-state index >= 15 is 0 Å². The second-order valence-corrected chi connectivity index (χ2v) is 8.40. The van der Waals surface area contributed by atoms with Crippen molar-refractivity contribution in [3.8, 4) is 5.75 Å². The van der Waals surface area contributed by atoms with Crippen LogP contribution < -0.4 is 9.64 Å². The molecule has 1 saturated carbocycles. The number of carbonyl (C=O) groups is 2. The molecule has 174 valence electrons. The van der Waals surface area contributed by atoms with Crippen LogP contribution in [-0.2, 0) is 17.8 Å². The van der Waals surface area contributed by atoms with Gasteiger partial charge in [-0.15, -0.1) is 13.2 Å². The first-order valence-electron chi connectivity index (χ1n) is 10.7. The van der Waals surface area contributed by atoms with Gasteiger partial charge in [-0.2, -0.15) is 0 Å². The number of amides is 3. The molecule has 5 rings (SSSR count). The first-order valence-corrected chi connectivity index (χ1v) is 10.7. The Morgan fingerprint density at radius 1 is 0.941 bits per heavy atom. The van der Waals surface area contributed by atoms with Gasteiger partial charge in [0.1, 0.15) is 11.3 Å². The number of rotatable bonds is 6. The molecule has 1 aliphatic heterocycles. The van der Waals surface area contributed by atoms with E-state index in [1.54, 1.807) is 11.1 Å². The van der Waals surface area contributed by atoms with Crippen molar-refractivity contribution in [3.05, 3.63) is 89.7 Å². The Labute approximate surface area is 193 Å². The predicted octanol–water partition coefficient (Wildman–Crippen LogP) is 5.07. The average Bonchev–Trinajstić information content (AvgIpc) is 3.57. The lowest BCUT2D eigenvalue weighted by Gasteiger charge is -2.21. The molecule has 2 heterocycles. The lowest BCUT2D eigenvalue weighted by molar-refractivity contribution is -0.274. The third kappa shape index (κ3) is 4.21. The smallest absolute Gasteiger partial charge is 0.406 e. The number of aromatic nitrogens is 1. The summed E-state index contributed by atoms with van der Waals surface area (Å²) >= 11 is 0. The van der Waals surface area contributed by atoms with E-state index in [-0.39, 0.29) is 18.1 Å². The molecular formula is C25H20F3N3O3. The number of nitrogens with zero attached hydrogens (tertiary/aromatic N) is 3. The summed E-state index contributed by atoms with van der Waals surface area (Å²) in [6, 6.07) is 17.9. The fourth-order valence-electron chi connectivity index (χ4n) is 4.27. The summed E-state index contributed by atoms with van der Waals surface area (Å²) in [5, 5.41) is 0. The highest BCUT2D eigenvalue weighted by Gasteiger charge is 2.65. The number of anilines is 1. The molecule has 0 unspecified atom stereocenters. The molecule has 1 saturated heterocycles. The summed E-state index contributed by atoms with van der Waals surface area (Å²) < 4.78 is 41.2. The largest absolute Gasteiger partial charge is 0.573 e. The SMILES string of the molecule is O=C1N(c2ccc(OC(F)(F)F)cc2)C(=O)C2(CC2)N1Cc1ccnc(Cc2ccccc2)c1. The normalized spacial score (nSPS) is 16.9. The molecule has 2 aliphatic rings. The van der Waals surface area contributed by atoms with Crippen molar-refractivity contribution in [1.82, 2.24) is 9.88 Å². The van der Waals surface area contributed by atoms with Crippen LogP contribution in [0.2, 0.25) is 0 Å². The van der Waals surface area contributed by atoms with E-state index < -0.39 is 23.7 Å². The Hall–Kier alpha value is -3.88. The number of benzene rings is 2. The lowest BCUT2D eigenvalue weighted by atomic mass is 10.1. The number of pyridine rings is 1. The summed E-state index contributed by atoms with van der Waals surface area (Å²) in [6.07, 6.45) is -1.39. The molecule has 0 bridgehead atoms. The van der Waals surface area contributed by atoms with Gasteiger partial charge in [0.2, 0.25) is 0 Å². The van der Waals surface area contributed by atoms with Crippen LogP contribution in [0.5, 0.6) is 5.75 Å². The summed E-state index contributed by atoms with van der Waals surface area (Å²) in [7, 11) is 0. The van der Waals surface area contributed by atoms with Crippen molar-refractivity contribution in [2.75, 3.05) is 4.90 Å². The maximum absolute atomic E-state index is 13.3. The van der Waals surface area contributed by atoms with Gasteiger partial charge < -0.3 is 9.64 Å². The molecule has 9 heteroatoms. The average molecular weight is 467 g/mol. The zero-order valence-corrected chi connectivity index (χ0v) is 18.0. The van der Waals surface area contributed by atoms with Crippen molar-refractivity contribution >= 4 is 17.6 Å². The second kappa shape index (κ2) is 8.16. The van der Waals surface area contributed by atoms with E-state index in [4.69, 9.17) is 0 Å². The number of alkyl halides is 3. The summed E-state index contributed by atoms with van der Waals surface area (Å²) in [5.41, 5.74) is 2.12. The quantitative estimate of drug-likeness (QED) is 0.475. The van der Waals surface area contributed by atoms with Crippen molar-refractivity contribution in [2.45, 2.75) is 37.7 Å². The maximum atomic E-state index is 13.3. The van der Waals surface area contributed by atoms with Crippen LogP contribution >= 0.6 is 0 Å². The Morgan fingerprint density at radius 2 is 1.65 bits per heavy atom. The Balaban J connectivity index is 1.35. The van der Waals surface area contributed by atoms with Crippen LogP contribution in [0.15, 0.2) is 72.9 Å². The Morgan fingerprint density at radius 3 is 2.29 bits per heavy atom. The van der Waals surface area contributed by atoms with Gasteiger partial charge in [0.05, 0.1) is 5.69 Å². The van der Waals surface area contributed by atoms with Gasteiger partial charge in [-0.3, -0.25) is 9.78 Å². The minimum Gasteiger partial charge on any atom is -0.406 e. The van der Waals surface area contributed by atoms with Gasteiger partial charge in [0.15, 0.2) is 0 Å². The minimum atomic E-state index is -4.82. The molecule has 34 heavy (non-hydrogen) atoms. The maximum Gasteiger partial charge on any atom is 0.573 e. The third-order valence-electron chi connectivity index (χ3n) is 6.04. The van der Waals surface area contributed by atoms with E-state index in [1.165, 1.54) is 12.1 Å². The summed E-state index contributed by atoms with van der Waals surface area (Å²) in [5.74, 6) is -0.781. The van der Waals surface area contributed by atoms with Crippen LogP contribution in [0.4, 0.5) is 23.7 Å². The molecule has 3 amide bonds. The molecule has 1 aliphatic carbocycles. The molecular weight excluding hydrogens is 447 g/mol. The molecule has 3 aromatic rings. The monoisotopic (exact) mass is 467 g/mol. The van der Waals surface area contributed by atoms with E-state index in [1.807, 2.05) is 42.5 Å². The third-order valence-corrected chi connectivity index (χ3v) is 6.04. The molecule has 2 aromatic carbocycles. The number of imide groups is 1. The van der Waals surface area contributed by atoms with E-state index in [0.29, 0.717) is 19.3 Å². The zero-order chi connectivity index (χ0) is 23.9. The Bertz CT molecular complexity index is 1230. The summed E-state index contributed by atoms with van der Waals surface area (Å²) in [4.78, 5) is 33.4. The van der Waals surface area contributed by atoms with E-state index in [0.717, 1.165) is 33.9 Å². The second-order valence-electron chi connectivity index (χ2n) is 8.40. The van der Waals surface area contributed by atoms with Crippen molar-refractivity contribution in [1.29, 1.82) is 0 Å². The van der Waals surface area contributed by atoms with Gasteiger partial charge in [0, 0.05) is 24.9 Å². The molecule has 2 fully saturated rings. The van der Waals surface area contributed by atoms with Gasteiger partial charge in [-0.05, 0) is 60.4 Å². The molecule has 0 N–H and O–H groups in total. The molecule has 6 nitrogen and oxygen atoms in total. The highest BCUT2D eigenvalue weighted by atomic mass is 19.4. The number of halogens is 3. The van der Waals surface area contributed by atoms with Crippen LogP contribution in [0.1, 0.15) is 29.7 Å². The minimum absolute atomic E-state index is 0.206. The van der Waals surface area contributed by atoms with Gasteiger partial charge in [-0.25, -0.2) is 9.69 Å². The standard InChI is InChI=1S/C25H20F3N3O3/c26-25(27,28)34-21-8-6-20(7-9-21)31-22(32)24(11-12-24)30(23(31)33)16-18-10-13-29-19(15-18)14-17-4-2-1-3-5-17/h1-10,13,15H,11-12,14,16H2. The van der Waals surface area contributed by atoms with Crippen LogP contribution in [0.3, 0.4) is 0 Å². The van der Waals surface area contributed by atoms with Gasteiger partial charge >= 0.3 is 12.4 Å². The molecule has 0 radical (unpaired) electrons. The van der Waals surface area contributed by atoms with Crippen LogP contribution in [-0.4, -0.2) is 33.7 Å². The number of ether oxygens (including phenoxy) is 1. The topological polar surface area (TPSA) is 62.7 Å². The number of hydrogen-bond donors (Lipinski definition) is 0. The van der Waals surface area contributed by atoms with Crippen LogP contribution in [0, 0.1) is 0 Å². The summed E-state index contributed by atoms with van der Waals surface area (Å²) in [6.45, 7) is 0.237. The van der Waals surface area contributed by atoms with Crippen molar-refractivity contribution in [3.63, 3.8) is 0 Å². The molecule has 0 atom stereocenters.